The van der Waals surface area contributed by atoms with Crippen LogP contribution in [0, 0.1) is 5.82 Å². The van der Waals surface area contributed by atoms with Gasteiger partial charge in [-0.3, -0.25) is 0 Å². The third-order valence-corrected chi connectivity index (χ3v) is 5.68. The Hall–Kier alpha value is -3.38. The summed E-state index contributed by atoms with van der Waals surface area (Å²) in [5.41, 5.74) is 3.39. The Morgan fingerprint density at radius 1 is 0.938 bits per heavy atom. The van der Waals surface area contributed by atoms with Crippen molar-refractivity contribution in [1.29, 1.82) is 0 Å². The van der Waals surface area contributed by atoms with Gasteiger partial charge in [-0.1, -0.05) is 60.7 Å². The molecule has 3 aromatic carbocycles. The van der Waals surface area contributed by atoms with Gasteiger partial charge in [0.1, 0.15) is 5.82 Å². The first-order valence-electron chi connectivity index (χ1n) is 11.0. The Morgan fingerprint density at radius 2 is 1.56 bits per heavy atom. The number of ether oxygens (including phenoxy) is 1. The lowest BCUT2D eigenvalue weighted by Gasteiger charge is -2.29. The molecule has 6 heteroatoms. The topological polar surface area (TPSA) is 53.6 Å². The normalized spacial score (nSPS) is 13.8. The van der Waals surface area contributed by atoms with E-state index in [-0.39, 0.29) is 17.8 Å². The number of nitrogens with one attached hydrogen (secondary N) is 2. The zero-order valence-electron chi connectivity index (χ0n) is 18.0. The Labute approximate surface area is 188 Å². The maximum atomic E-state index is 14.6. The molecule has 2 amide bonds. The van der Waals surface area contributed by atoms with E-state index >= 15 is 0 Å². The molecule has 0 aliphatic carbocycles. The summed E-state index contributed by atoms with van der Waals surface area (Å²) in [7, 11) is 0. The second-order valence-electron chi connectivity index (χ2n) is 7.81. The van der Waals surface area contributed by atoms with E-state index < -0.39 is 0 Å². The van der Waals surface area contributed by atoms with Gasteiger partial charge in [0.15, 0.2) is 0 Å². The van der Waals surface area contributed by atoms with Crippen LogP contribution in [0.2, 0.25) is 0 Å². The third kappa shape index (κ3) is 5.65. The fourth-order valence-corrected chi connectivity index (χ4v) is 4.05. The molecule has 0 aromatic heterocycles. The number of hydrogen-bond donors (Lipinski definition) is 2. The number of rotatable bonds is 7. The number of carbonyl (C=O) groups excluding carboxylic acids is 1. The van der Waals surface area contributed by atoms with Crippen LogP contribution in [0.1, 0.15) is 23.5 Å². The van der Waals surface area contributed by atoms with Crippen molar-refractivity contribution < 1.29 is 13.9 Å². The lowest BCUT2D eigenvalue weighted by Crippen LogP contribution is -2.36. The van der Waals surface area contributed by atoms with Crippen molar-refractivity contribution in [3.63, 3.8) is 0 Å². The maximum absolute atomic E-state index is 14.6. The summed E-state index contributed by atoms with van der Waals surface area (Å²) >= 11 is 0. The fraction of sp³-hybridized carbons (Fsp3) is 0.269. The van der Waals surface area contributed by atoms with Crippen LogP contribution in [0.25, 0.3) is 0 Å². The van der Waals surface area contributed by atoms with E-state index in [0.717, 1.165) is 6.42 Å². The van der Waals surface area contributed by atoms with Gasteiger partial charge in [0, 0.05) is 31.2 Å². The molecule has 3 aromatic rings. The number of benzene rings is 3. The molecule has 1 aliphatic rings. The van der Waals surface area contributed by atoms with Crippen molar-refractivity contribution in [3.8, 4) is 0 Å². The molecule has 1 aliphatic heterocycles. The number of halogens is 1. The monoisotopic (exact) mass is 433 g/mol. The molecule has 0 bridgehead atoms. The summed E-state index contributed by atoms with van der Waals surface area (Å²) in [5, 5.41) is 5.63. The minimum absolute atomic E-state index is 0.183. The van der Waals surface area contributed by atoms with E-state index in [1.807, 2.05) is 41.3 Å². The molecule has 0 unspecified atom stereocenters. The lowest BCUT2D eigenvalue weighted by atomic mass is 9.88. The van der Waals surface area contributed by atoms with Crippen molar-refractivity contribution >= 4 is 17.4 Å². The van der Waals surface area contributed by atoms with Crippen molar-refractivity contribution in [2.75, 3.05) is 43.1 Å². The first-order chi connectivity index (χ1) is 15.7. The molecule has 1 fully saturated rings. The minimum atomic E-state index is -0.349. The summed E-state index contributed by atoms with van der Waals surface area (Å²) in [5.74, 6) is -0.166. The highest BCUT2D eigenvalue weighted by Gasteiger charge is 2.17. The van der Waals surface area contributed by atoms with Crippen LogP contribution in [0.15, 0.2) is 78.9 Å². The van der Waals surface area contributed by atoms with Crippen LogP contribution >= 0.6 is 0 Å². The van der Waals surface area contributed by atoms with Gasteiger partial charge in [0.2, 0.25) is 0 Å². The number of nitrogens with zero attached hydrogens (tertiary/aromatic N) is 1. The summed E-state index contributed by atoms with van der Waals surface area (Å²) in [6.07, 6.45) is 0.756. The molecular weight excluding hydrogens is 405 g/mol. The largest absolute Gasteiger partial charge is 0.378 e. The molecule has 0 spiro atoms. The van der Waals surface area contributed by atoms with Gasteiger partial charge < -0.3 is 20.3 Å². The third-order valence-electron chi connectivity index (χ3n) is 5.68. The first kappa shape index (κ1) is 21.8. The number of hydrogen-bond acceptors (Lipinski definition) is 3. The predicted octanol–water partition coefficient (Wildman–Crippen LogP) is 5.01. The Morgan fingerprint density at radius 3 is 2.16 bits per heavy atom. The number of anilines is 2. The van der Waals surface area contributed by atoms with Crippen molar-refractivity contribution in [1.82, 2.24) is 5.32 Å². The minimum Gasteiger partial charge on any atom is -0.378 e. The molecule has 4 rings (SSSR count). The Bertz CT molecular complexity index is 969. The first-order valence-corrected chi connectivity index (χ1v) is 11.0. The van der Waals surface area contributed by atoms with Crippen LogP contribution in [-0.4, -0.2) is 38.9 Å². The van der Waals surface area contributed by atoms with Crippen LogP contribution in [-0.2, 0) is 4.74 Å². The quantitative estimate of drug-likeness (QED) is 0.551. The van der Waals surface area contributed by atoms with Gasteiger partial charge in [-0.25, -0.2) is 9.18 Å². The van der Waals surface area contributed by atoms with Crippen LogP contribution in [0.3, 0.4) is 0 Å². The van der Waals surface area contributed by atoms with Gasteiger partial charge in [-0.2, -0.15) is 0 Å². The standard InChI is InChI=1S/C26H28FN3O2/c27-24-19-22(11-12-25(24)30-15-17-32-18-16-30)29-26(31)28-14-13-23(20-7-3-1-4-8-20)21-9-5-2-6-10-21/h1-12,19,23H,13-18H2,(H2,28,29,31). The van der Waals surface area contributed by atoms with Gasteiger partial charge in [-0.15, -0.1) is 0 Å². The molecule has 0 atom stereocenters. The summed E-state index contributed by atoms with van der Waals surface area (Å²) in [4.78, 5) is 14.3. The highest BCUT2D eigenvalue weighted by molar-refractivity contribution is 5.89. The number of urea groups is 1. The average molecular weight is 434 g/mol. The van der Waals surface area contributed by atoms with Gasteiger partial charge in [-0.05, 0) is 35.7 Å². The number of carbonyl (C=O) groups is 1. The second kappa shape index (κ2) is 10.8. The molecular formula is C26H28FN3O2. The van der Waals surface area contributed by atoms with Crippen molar-refractivity contribution in [2.45, 2.75) is 12.3 Å². The summed E-state index contributed by atoms with van der Waals surface area (Å²) in [6, 6.07) is 25.0. The Kier molecular flexibility index (Phi) is 7.35. The molecule has 2 N–H and O–H groups in total. The zero-order valence-corrected chi connectivity index (χ0v) is 18.0. The molecule has 1 heterocycles. The molecule has 32 heavy (non-hydrogen) atoms. The maximum Gasteiger partial charge on any atom is 0.319 e. The smallest absolute Gasteiger partial charge is 0.319 e. The number of morpholine rings is 1. The predicted molar refractivity (Wildman–Crippen MR) is 126 cm³/mol. The summed E-state index contributed by atoms with van der Waals surface area (Å²) < 4.78 is 19.9. The molecule has 0 radical (unpaired) electrons. The van der Waals surface area contributed by atoms with Gasteiger partial charge >= 0.3 is 6.03 Å². The molecule has 5 nitrogen and oxygen atoms in total. The zero-order chi connectivity index (χ0) is 22.2. The van der Waals surface area contributed by atoms with Gasteiger partial charge in [0.25, 0.3) is 0 Å². The van der Waals surface area contributed by atoms with Crippen molar-refractivity contribution in [2.24, 2.45) is 0 Å². The van der Waals surface area contributed by atoms with Crippen LogP contribution < -0.4 is 15.5 Å². The van der Waals surface area contributed by atoms with Crippen molar-refractivity contribution in [3.05, 3.63) is 95.8 Å². The van der Waals surface area contributed by atoms with Crippen LogP contribution in [0.4, 0.5) is 20.6 Å². The highest BCUT2D eigenvalue weighted by atomic mass is 19.1. The summed E-state index contributed by atoms with van der Waals surface area (Å²) in [6.45, 7) is 3.00. The Balaban J connectivity index is 1.33. The van der Waals surface area contributed by atoms with Gasteiger partial charge in [0.05, 0.1) is 18.9 Å². The van der Waals surface area contributed by atoms with E-state index in [1.165, 1.54) is 17.2 Å². The number of amides is 2. The lowest BCUT2D eigenvalue weighted by molar-refractivity contribution is 0.122. The SMILES string of the molecule is O=C(NCCC(c1ccccc1)c1ccccc1)Nc1ccc(N2CCOCC2)c(F)c1. The average Bonchev–Trinajstić information content (AvgIpc) is 2.83. The van der Waals surface area contributed by atoms with E-state index in [0.29, 0.717) is 44.2 Å². The molecule has 1 saturated heterocycles. The highest BCUT2D eigenvalue weighted by Crippen LogP contribution is 2.27. The van der Waals surface area contributed by atoms with Crippen LogP contribution in [0.5, 0.6) is 0 Å². The molecule has 0 saturated carbocycles. The van der Waals surface area contributed by atoms with E-state index in [1.54, 1.807) is 12.1 Å². The van der Waals surface area contributed by atoms with E-state index in [9.17, 15) is 9.18 Å². The fourth-order valence-electron chi connectivity index (χ4n) is 4.05. The van der Waals surface area contributed by atoms with E-state index in [4.69, 9.17) is 4.74 Å². The second-order valence-corrected chi connectivity index (χ2v) is 7.81. The van der Waals surface area contributed by atoms with E-state index in [2.05, 4.69) is 34.9 Å². The molecule has 166 valence electrons.